The molecule has 9 nitrogen and oxygen atoms in total. The van der Waals surface area contributed by atoms with Crippen LogP contribution in [0.15, 0.2) is 66.7 Å². The average Bonchev–Trinajstić information content (AvgIpc) is 2.89. The lowest BCUT2D eigenvalue weighted by Crippen LogP contribution is -2.54. The van der Waals surface area contributed by atoms with Crippen LogP contribution in [0.1, 0.15) is 52.6 Å². The molecule has 0 saturated heterocycles. The molecule has 40 heavy (non-hydrogen) atoms. The van der Waals surface area contributed by atoms with Crippen molar-refractivity contribution in [3.63, 3.8) is 0 Å². The second kappa shape index (κ2) is 13.0. The number of rotatable bonds is 9. The van der Waals surface area contributed by atoms with Gasteiger partial charge in [0.2, 0.25) is 5.91 Å². The fraction of sp³-hybridized carbons (Fsp3) is 0.355. The summed E-state index contributed by atoms with van der Waals surface area (Å²) in [6.45, 7) is 8.36. The monoisotopic (exact) mass is 544 g/mol. The third kappa shape index (κ3) is 7.73. The number of nitriles is 1. The Labute approximate surface area is 234 Å². The van der Waals surface area contributed by atoms with Gasteiger partial charge in [0.25, 0.3) is 5.91 Å². The summed E-state index contributed by atoms with van der Waals surface area (Å²) >= 11 is 0. The van der Waals surface area contributed by atoms with Gasteiger partial charge in [-0.1, -0.05) is 62.7 Å². The van der Waals surface area contributed by atoms with Gasteiger partial charge in [0.15, 0.2) is 0 Å². The number of amides is 3. The maximum atomic E-state index is 14.0. The van der Waals surface area contributed by atoms with Crippen molar-refractivity contribution >= 4 is 34.4 Å². The highest BCUT2D eigenvalue weighted by atomic mass is 16.6. The van der Waals surface area contributed by atoms with Gasteiger partial charge in [0.1, 0.15) is 30.0 Å². The van der Waals surface area contributed by atoms with Crippen molar-refractivity contribution in [1.82, 2.24) is 10.2 Å². The topological polar surface area (TPSA) is 132 Å². The number of aromatic hydroxyl groups is 1. The van der Waals surface area contributed by atoms with E-state index in [1.807, 2.05) is 49.4 Å². The van der Waals surface area contributed by atoms with Crippen LogP contribution < -0.4 is 10.6 Å². The highest BCUT2D eigenvalue weighted by molar-refractivity contribution is 6.00. The van der Waals surface area contributed by atoms with E-state index in [-0.39, 0.29) is 11.7 Å². The number of nitrogens with zero attached hydrogens (tertiary/aromatic N) is 2. The number of carbonyl (C=O) groups is 3. The summed E-state index contributed by atoms with van der Waals surface area (Å²) in [7, 11) is 0. The second-order valence-electron chi connectivity index (χ2n) is 10.7. The number of fused-ring (bicyclic) bond motifs is 1. The van der Waals surface area contributed by atoms with Gasteiger partial charge in [-0.05, 0) is 67.3 Å². The summed E-state index contributed by atoms with van der Waals surface area (Å²) in [6, 6.07) is 18.7. The zero-order valence-corrected chi connectivity index (χ0v) is 23.5. The molecule has 0 aliphatic rings. The molecule has 0 bridgehead atoms. The van der Waals surface area contributed by atoms with Gasteiger partial charge in [-0.2, -0.15) is 5.26 Å². The molecule has 0 aromatic heterocycles. The molecule has 0 spiro atoms. The molecule has 3 rings (SSSR count). The molecule has 3 aromatic carbocycles. The van der Waals surface area contributed by atoms with Gasteiger partial charge in [-0.3, -0.25) is 9.59 Å². The smallest absolute Gasteiger partial charge is 0.408 e. The summed E-state index contributed by atoms with van der Waals surface area (Å²) in [5.41, 5.74) is 0.0224. The maximum absolute atomic E-state index is 14.0. The molecule has 0 fully saturated rings. The van der Waals surface area contributed by atoms with E-state index in [4.69, 9.17) is 4.74 Å². The number of phenols is 1. The zero-order chi connectivity index (χ0) is 29.4. The van der Waals surface area contributed by atoms with Crippen LogP contribution in [0.5, 0.6) is 5.75 Å². The summed E-state index contributed by atoms with van der Waals surface area (Å²) in [6.07, 6.45) is -0.246. The maximum Gasteiger partial charge on any atom is 0.408 e. The second-order valence-corrected chi connectivity index (χ2v) is 10.7. The first kappa shape index (κ1) is 30.0. The highest BCUT2D eigenvalue weighted by Gasteiger charge is 2.38. The molecule has 3 unspecified atom stereocenters. The third-order valence-electron chi connectivity index (χ3n) is 6.44. The third-order valence-corrected chi connectivity index (χ3v) is 6.44. The molecule has 3 amide bonds. The fourth-order valence-corrected chi connectivity index (χ4v) is 4.31. The minimum atomic E-state index is -1.28. The van der Waals surface area contributed by atoms with Gasteiger partial charge in [-0.15, -0.1) is 0 Å². The van der Waals surface area contributed by atoms with E-state index in [2.05, 4.69) is 10.6 Å². The molecule has 3 aromatic rings. The minimum Gasteiger partial charge on any atom is -0.508 e. The summed E-state index contributed by atoms with van der Waals surface area (Å²) in [4.78, 5) is 41.7. The number of alkyl carbamates (subject to hydrolysis) is 1. The summed E-state index contributed by atoms with van der Waals surface area (Å²) in [5.74, 6) is -1.64. The minimum absolute atomic E-state index is 0.101. The number of hydrogen-bond acceptors (Lipinski definition) is 6. The molecule has 0 radical (unpaired) electrons. The van der Waals surface area contributed by atoms with Crippen molar-refractivity contribution in [2.75, 3.05) is 11.9 Å². The Morgan fingerprint density at radius 2 is 1.73 bits per heavy atom. The van der Waals surface area contributed by atoms with E-state index in [0.29, 0.717) is 17.7 Å². The Morgan fingerprint density at radius 1 is 1.02 bits per heavy atom. The lowest BCUT2D eigenvalue weighted by Gasteiger charge is -2.34. The number of nitrogens with one attached hydrogen (secondary N) is 2. The van der Waals surface area contributed by atoms with Gasteiger partial charge in [-0.25, -0.2) is 4.79 Å². The molecule has 0 heterocycles. The van der Waals surface area contributed by atoms with Crippen molar-refractivity contribution in [1.29, 1.82) is 5.26 Å². The number of benzene rings is 3. The number of ether oxygens (including phenoxy) is 1. The van der Waals surface area contributed by atoms with E-state index in [0.717, 1.165) is 15.7 Å². The number of carbonyl (C=O) groups excluding carboxylic acids is 3. The van der Waals surface area contributed by atoms with Crippen LogP contribution in [0.3, 0.4) is 0 Å². The van der Waals surface area contributed by atoms with E-state index in [1.54, 1.807) is 45.9 Å². The predicted molar refractivity (Wildman–Crippen MR) is 153 cm³/mol. The molecular formula is C31H36N4O5. The van der Waals surface area contributed by atoms with Gasteiger partial charge in [0.05, 0.1) is 6.07 Å². The average molecular weight is 545 g/mol. The van der Waals surface area contributed by atoms with Crippen molar-refractivity contribution in [3.05, 3.63) is 72.3 Å². The molecule has 9 heteroatoms. The number of phenolic OH excluding ortho intramolecular Hbond substituents is 1. The van der Waals surface area contributed by atoms with Crippen LogP contribution in [-0.4, -0.2) is 46.1 Å². The standard InChI is InChI=1S/C31H36N4O5/c1-6-20(2)26(34-30(39)40-31(3,4)5)29(38)35(17-16-32)27(23-12-9-13-25(36)19-23)28(37)33-24-15-14-21-10-7-8-11-22(21)18-24/h7-15,18-20,26-27,36H,6,17H2,1-5H3,(H,33,37)(H,34,39). The van der Waals surface area contributed by atoms with Crippen LogP contribution in [-0.2, 0) is 14.3 Å². The molecule has 210 valence electrons. The van der Waals surface area contributed by atoms with Crippen LogP contribution in [0.4, 0.5) is 10.5 Å². The van der Waals surface area contributed by atoms with Crippen LogP contribution >= 0.6 is 0 Å². The SMILES string of the molecule is CCC(C)C(NC(=O)OC(C)(C)C)C(=O)N(CC#N)C(C(=O)Nc1ccc2ccccc2c1)c1cccc(O)c1. The van der Waals surface area contributed by atoms with Crippen LogP contribution in [0.25, 0.3) is 10.8 Å². The summed E-state index contributed by atoms with van der Waals surface area (Å²) in [5, 5.41) is 27.3. The van der Waals surface area contributed by atoms with Crippen molar-refractivity contribution < 1.29 is 24.2 Å². The first-order chi connectivity index (χ1) is 18.9. The number of hydrogen-bond donors (Lipinski definition) is 3. The van der Waals surface area contributed by atoms with E-state index in [1.165, 1.54) is 12.1 Å². The summed E-state index contributed by atoms with van der Waals surface area (Å²) < 4.78 is 5.38. The Kier molecular flexibility index (Phi) is 9.73. The van der Waals surface area contributed by atoms with Crippen molar-refractivity contribution in [2.45, 2.75) is 58.7 Å². The largest absolute Gasteiger partial charge is 0.508 e. The quantitative estimate of drug-likeness (QED) is 0.304. The van der Waals surface area contributed by atoms with E-state index < -0.39 is 42.1 Å². The van der Waals surface area contributed by atoms with Gasteiger partial charge in [0, 0.05) is 5.69 Å². The Morgan fingerprint density at radius 3 is 2.35 bits per heavy atom. The first-order valence-electron chi connectivity index (χ1n) is 13.2. The first-order valence-corrected chi connectivity index (χ1v) is 13.2. The molecule has 0 aliphatic heterocycles. The number of anilines is 1. The molecule has 0 saturated carbocycles. The molecular weight excluding hydrogens is 508 g/mol. The highest BCUT2D eigenvalue weighted by Crippen LogP contribution is 2.28. The molecule has 0 aliphatic carbocycles. The lowest BCUT2D eigenvalue weighted by atomic mass is 9.95. The van der Waals surface area contributed by atoms with Crippen LogP contribution in [0.2, 0.25) is 0 Å². The van der Waals surface area contributed by atoms with Crippen LogP contribution in [0, 0.1) is 17.2 Å². The molecule has 3 atom stereocenters. The van der Waals surface area contributed by atoms with Gasteiger partial charge < -0.3 is 25.4 Å². The Hall–Kier alpha value is -4.58. The Bertz CT molecular complexity index is 1410. The molecule has 3 N–H and O–H groups in total. The Balaban J connectivity index is 2.02. The van der Waals surface area contributed by atoms with Crippen molar-refractivity contribution in [2.24, 2.45) is 5.92 Å². The zero-order valence-electron chi connectivity index (χ0n) is 23.5. The van der Waals surface area contributed by atoms with E-state index in [9.17, 15) is 24.8 Å². The van der Waals surface area contributed by atoms with E-state index >= 15 is 0 Å². The van der Waals surface area contributed by atoms with Gasteiger partial charge >= 0.3 is 6.09 Å². The lowest BCUT2D eigenvalue weighted by molar-refractivity contribution is -0.141. The fourth-order valence-electron chi connectivity index (χ4n) is 4.31. The van der Waals surface area contributed by atoms with Crippen molar-refractivity contribution in [3.8, 4) is 11.8 Å². The normalized spacial score (nSPS) is 13.4. The predicted octanol–water partition coefficient (Wildman–Crippen LogP) is 5.52.